The van der Waals surface area contributed by atoms with E-state index in [9.17, 15) is 19.5 Å². The van der Waals surface area contributed by atoms with Crippen LogP contribution < -0.4 is 4.90 Å². The molecule has 3 rings (SSSR count). The van der Waals surface area contributed by atoms with Crippen LogP contribution in [0.25, 0.3) is 5.76 Å². The number of ether oxygens (including phenoxy) is 1. The topological polar surface area (TPSA) is 117 Å². The van der Waals surface area contributed by atoms with Crippen LogP contribution in [0, 0.1) is 13.8 Å². The lowest BCUT2D eigenvalue weighted by Gasteiger charge is -2.23. The molecule has 1 aliphatic heterocycles. The molecule has 0 unspecified atom stereocenters. The Morgan fingerprint density at radius 3 is 2.60 bits per heavy atom. The Labute approximate surface area is 173 Å². The smallest absolute Gasteiger partial charge is 0.354 e. The Kier molecular flexibility index (Phi) is 5.84. The summed E-state index contributed by atoms with van der Waals surface area (Å²) in [6.07, 6.45) is 1.45. The molecule has 0 saturated carbocycles. The highest BCUT2D eigenvalue weighted by Crippen LogP contribution is 2.40. The standard InChI is InChI=1S/C21H25N3O6/c1-11-14(12(2)22-16(11)21(28)29-5)18(25)15-17(13-7-6-10-30-13)24(9-8-23(3)4)20(27)19(15)26/h6-7,10,17,22,25H,8-9H2,1-5H3/p+1/b18-15+/t17-/m1/s1. The van der Waals surface area contributed by atoms with Gasteiger partial charge in [0.05, 0.1) is 46.1 Å². The highest BCUT2D eigenvalue weighted by molar-refractivity contribution is 6.46. The quantitative estimate of drug-likeness (QED) is 0.274. The van der Waals surface area contributed by atoms with E-state index in [2.05, 4.69) is 4.98 Å². The van der Waals surface area contributed by atoms with Gasteiger partial charge >= 0.3 is 5.97 Å². The fourth-order valence-electron chi connectivity index (χ4n) is 3.74. The normalized spacial score (nSPS) is 18.5. The lowest BCUT2D eigenvalue weighted by atomic mass is 9.97. The van der Waals surface area contributed by atoms with Crippen LogP contribution >= 0.6 is 0 Å². The van der Waals surface area contributed by atoms with Gasteiger partial charge in [0.15, 0.2) is 0 Å². The maximum atomic E-state index is 12.9. The van der Waals surface area contributed by atoms with Crippen molar-refractivity contribution in [3.05, 3.63) is 52.2 Å². The van der Waals surface area contributed by atoms with Crippen molar-refractivity contribution in [1.82, 2.24) is 9.88 Å². The number of methoxy groups -OCH3 is 1. The van der Waals surface area contributed by atoms with E-state index in [1.54, 1.807) is 26.0 Å². The van der Waals surface area contributed by atoms with Gasteiger partial charge in [0.25, 0.3) is 11.7 Å². The number of aromatic nitrogens is 1. The molecule has 2 aromatic heterocycles. The molecule has 0 aliphatic carbocycles. The number of furan rings is 1. The van der Waals surface area contributed by atoms with E-state index >= 15 is 0 Å². The molecule has 160 valence electrons. The molecule has 1 amide bonds. The Morgan fingerprint density at radius 1 is 1.33 bits per heavy atom. The van der Waals surface area contributed by atoms with E-state index in [1.165, 1.54) is 18.3 Å². The van der Waals surface area contributed by atoms with Crippen LogP contribution in [0.3, 0.4) is 0 Å². The number of aryl methyl sites for hydroxylation is 1. The summed E-state index contributed by atoms with van der Waals surface area (Å²) in [6.45, 7) is 4.23. The molecule has 3 heterocycles. The number of amides is 1. The molecule has 3 N–H and O–H groups in total. The lowest BCUT2D eigenvalue weighted by Crippen LogP contribution is -3.06. The number of esters is 1. The van der Waals surface area contributed by atoms with Crippen molar-refractivity contribution in [3.8, 4) is 0 Å². The molecule has 1 aliphatic rings. The Balaban J connectivity index is 2.18. The third-order valence-electron chi connectivity index (χ3n) is 5.27. The number of Topliss-reactive ketones (excluding diaryl/α,β-unsaturated/α-hetero) is 1. The number of carbonyl (C=O) groups is 3. The summed E-state index contributed by atoms with van der Waals surface area (Å²) in [6, 6.07) is 2.47. The number of aliphatic hydroxyl groups excluding tert-OH is 1. The number of likely N-dealkylation sites (N-methyl/N-ethyl adjacent to an activating group) is 1. The second kappa shape index (κ2) is 8.19. The summed E-state index contributed by atoms with van der Waals surface area (Å²) in [5.41, 5.74) is 1.32. The minimum absolute atomic E-state index is 0.0645. The summed E-state index contributed by atoms with van der Waals surface area (Å²) in [4.78, 5) is 43.2. The SMILES string of the molecule is COC(=O)c1[nH]c(C)c(/C(O)=C2\C(=O)C(=O)N(CC[NH+](C)C)[C@@H]2c2ccco2)c1C. The third kappa shape index (κ3) is 3.52. The summed E-state index contributed by atoms with van der Waals surface area (Å²) < 4.78 is 10.3. The Bertz CT molecular complexity index is 1020. The van der Waals surface area contributed by atoms with Gasteiger partial charge in [-0.1, -0.05) is 0 Å². The van der Waals surface area contributed by atoms with E-state index in [0.717, 1.165) is 4.90 Å². The maximum Gasteiger partial charge on any atom is 0.354 e. The number of likely N-dealkylation sites (tertiary alicyclic amines) is 1. The fraction of sp³-hybridized carbons (Fsp3) is 0.381. The van der Waals surface area contributed by atoms with Crippen molar-refractivity contribution >= 4 is 23.4 Å². The van der Waals surface area contributed by atoms with Gasteiger partial charge < -0.3 is 29.0 Å². The predicted molar refractivity (Wildman–Crippen MR) is 107 cm³/mol. The van der Waals surface area contributed by atoms with Gasteiger partial charge in [0.1, 0.15) is 23.3 Å². The minimum Gasteiger partial charge on any atom is -0.507 e. The zero-order valence-electron chi connectivity index (χ0n) is 17.7. The number of rotatable bonds is 6. The summed E-state index contributed by atoms with van der Waals surface area (Å²) >= 11 is 0. The molecule has 30 heavy (non-hydrogen) atoms. The first-order valence-corrected chi connectivity index (χ1v) is 9.57. The van der Waals surface area contributed by atoms with Crippen molar-refractivity contribution in [2.75, 3.05) is 34.3 Å². The number of hydrogen-bond donors (Lipinski definition) is 3. The molecule has 0 radical (unpaired) electrons. The molecule has 1 atom stereocenters. The van der Waals surface area contributed by atoms with E-state index in [-0.39, 0.29) is 17.0 Å². The minimum atomic E-state index is -0.852. The van der Waals surface area contributed by atoms with Crippen LogP contribution in [0.5, 0.6) is 0 Å². The van der Waals surface area contributed by atoms with Crippen LogP contribution in [0.1, 0.15) is 39.1 Å². The lowest BCUT2D eigenvalue weighted by molar-refractivity contribution is -0.857. The van der Waals surface area contributed by atoms with Gasteiger partial charge in [0.2, 0.25) is 0 Å². The molecule has 1 saturated heterocycles. The van der Waals surface area contributed by atoms with Crippen molar-refractivity contribution < 1.29 is 33.5 Å². The average molecular weight is 416 g/mol. The van der Waals surface area contributed by atoms with E-state index in [1.807, 2.05) is 14.1 Å². The van der Waals surface area contributed by atoms with Gasteiger partial charge in [-0.15, -0.1) is 0 Å². The summed E-state index contributed by atoms with van der Waals surface area (Å²) in [5, 5.41) is 11.2. The maximum absolute atomic E-state index is 12.9. The monoisotopic (exact) mass is 416 g/mol. The Hall–Kier alpha value is -3.33. The van der Waals surface area contributed by atoms with E-state index in [0.29, 0.717) is 35.7 Å². The number of nitrogens with one attached hydrogen (secondary N) is 2. The predicted octanol–water partition coefficient (Wildman–Crippen LogP) is 0.577. The van der Waals surface area contributed by atoms with Crippen LogP contribution in [0.15, 0.2) is 28.4 Å². The number of hydrogen-bond acceptors (Lipinski definition) is 6. The molecule has 2 aromatic rings. The van der Waals surface area contributed by atoms with Crippen LogP contribution in [0.2, 0.25) is 0 Å². The average Bonchev–Trinajstić information content (AvgIpc) is 3.38. The Morgan fingerprint density at radius 2 is 2.03 bits per heavy atom. The van der Waals surface area contributed by atoms with Gasteiger partial charge in [-0.05, 0) is 31.5 Å². The number of ketones is 1. The van der Waals surface area contributed by atoms with E-state index < -0.39 is 23.7 Å². The highest BCUT2D eigenvalue weighted by Gasteiger charge is 2.48. The van der Waals surface area contributed by atoms with Gasteiger partial charge in [-0.25, -0.2) is 4.79 Å². The summed E-state index contributed by atoms with van der Waals surface area (Å²) in [5.74, 6) is -2.05. The molecular formula is C21H26N3O6+. The van der Waals surface area contributed by atoms with Gasteiger partial charge in [-0.2, -0.15) is 0 Å². The van der Waals surface area contributed by atoms with Crippen molar-refractivity contribution in [1.29, 1.82) is 0 Å². The second-order valence-electron chi connectivity index (χ2n) is 7.58. The van der Waals surface area contributed by atoms with Crippen molar-refractivity contribution in [2.24, 2.45) is 0 Å². The zero-order chi connectivity index (χ0) is 22.2. The first kappa shape index (κ1) is 21.4. The molecular weight excluding hydrogens is 390 g/mol. The molecule has 0 spiro atoms. The number of aliphatic hydroxyl groups is 1. The number of H-pyrrole nitrogens is 1. The first-order chi connectivity index (χ1) is 14.2. The second-order valence-corrected chi connectivity index (χ2v) is 7.58. The first-order valence-electron chi connectivity index (χ1n) is 9.57. The van der Waals surface area contributed by atoms with Gasteiger partial charge in [-0.3, -0.25) is 9.59 Å². The molecule has 1 fully saturated rings. The van der Waals surface area contributed by atoms with Gasteiger partial charge in [0, 0.05) is 11.3 Å². The van der Waals surface area contributed by atoms with Crippen LogP contribution in [-0.2, 0) is 14.3 Å². The molecule has 9 nitrogen and oxygen atoms in total. The number of carbonyl (C=O) groups excluding carboxylic acids is 3. The number of nitrogens with zero attached hydrogens (tertiary/aromatic N) is 1. The van der Waals surface area contributed by atoms with Crippen LogP contribution in [-0.4, -0.2) is 66.9 Å². The van der Waals surface area contributed by atoms with Crippen molar-refractivity contribution in [2.45, 2.75) is 19.9 Å². The zero-order valence-corrected chi connectivity index (χ0v) is 17.7. The van der Waals surface area contributed by atoms with Crippen LogP contribution in [0.4, 0.5) is 0 Å². The largest absolute Gasteiger partial charge is 0.507 e. The third-order valence-corrected chi connectivity index (χ3v) is 5.27. The van der Waals surface area contributed by atoms with Crippen molar-refractivity contribution in [3.63, 3.8) is 0 Å². The fourth-order valence-corrected chi connectivity index (χ4v) is 3.74. The molecule has 0 bridgehead atoms. The highest BCUT2D eigenvalue weighted by atomic mass is 16.5. The number of aromatic amines is 1. The van der Waals surface area contributed by atoms with E-state index in [4.69, 9.17) is 9.15 Å². The molecule has 9 heteroatoms. The number of quaternary nitrogens is 1. The molecule has 0 aromatic carbocycles. The summed E-state index contributed by atoms with van der Waals surface area (Å²) in [7, 11) is 5.14.